The number of aromatic nitrogens is 2. The molecule has 0 amide bonds. The van der Waals surface area contributed by atoms with Crippen LogP contribution in [0.5, 0.6) is 0 Å². The van der Waals surface area contributed by atoms with Gasteiger partial charge in [-0.2, -0.15) is 4.98 Å². The van der Waals surface area contributed by atoms with Gasteiger partial charge in [0.25, 0.3) is 0 Å². The molecule has 4 rings (SSSR count). The highest BCUT2D eigenvalue weighted by Crippen LogP contribution is 2.35. The maximum Gasteiger partial charge on any atom is 0.229 e. The van der Waals surface area contributed by atoms with Crippen molar-refractivity contribution in [2.24, 2.45) is 5.92 Å². The van der Waals surface area contributed by atoms with Crippen molar-refractivity contribution in [3.05, 3.63) is 53.3 Å². The van der Waals surface area contributed by atoms with Crippen LogP contribution in [0.2, 0.25) is 5.02 Å². The molecule has 5 nitrogen and oxygen atoms in total. The summed E-state index contributed by atoms with van der Waals surface area (Å²) in [5.74, 6) is 2.13. The second-order valence-corrected chi connectivity index (χ2v) is 6.66. The third-order valence-electron chi connectivity index (χ3n) is 4.35. The lowest BCUT2D eigenvalue weighted by molar-refractivity contribution is 0.517. The molecule has 1 aromatic carbocycles. The molecule has 1 fully saturated rings. The second-order valence-electron chi connectivity index (χ2n) is 6.25. The lowest BCUT2D eigenvalue weighted by atomic mass is 10.1. The first-order chi connectivity index (χ1) is 11.8. The largest absolute Gasteiger partial charge is 0.344 e. The van der Waals surface area contributed by atoms with Crippen molar-refractivity contribution in [2.45, 2.75) is 25.3 Å². The van der Waals surface area contributed by atoms with Crippen molar-refractivity contribution in [1.82, 2.24) is 15.3 Å². The Morgan fingerprint density at radius 2 is 2.00 bits per heavy atom. The van der Waals surface area contributed by atoms with Gasteiger partial charge in [0.15, 0.2) is 0 Å². The van der Waals surface area contributed by atoms with Gasteiger partial charge in [-0.25, -0.2) is 4.98 Å². The summed E-state index contributed by atoms with van der Waals surface area (Å²) >= 11 is 6.17. The Balaban J connectivity index is 1.47. The zero-order valence-corrected chi connectivity index (χ0v) is 14.1. The standard InChI is InChI=1S/C18H20ClN5/c19-14-3-1-2-4-15(14)23-18-21-10-8-17(24-18)22-13-7-9-20-16(11-13)12-5-6-12/h1-4,8,10-12,16,20H,5-7,9H2,(H2,21,22,23,24). The van der Waals surface area contributed by atoms with Crippen molar-refractivity contribution < 1.29 is 0 Å². The van der Waals surface area contributed by atoms with Gasteiger partial charge in [-0.05, 0) is 49.5 Å². The van der Waals surface area contributed by atoms with Crippen LogP contribution >= 0.6 is 11.6 Å². The molecule has 0 radical (unpaired) electrons. The lowest BCUT2D eigenvalue weighted by Gasteiger charge is -2.23. The molecule has 2 heterocycles. The summed E-state index contributed by atoms with van der Waals surface area (Å²) in [4.78, 5) is 8.80. The normalized spacial score (nSPS) is 20.4. The van der Waals surface area contributed by atoms with Crippen LogP contribution in [0.15, 0.2) is 48.3 Å². The van der Waals surface area contributed by atoms with Crippen LogP contribution in [0.25, 0.3) is 0 Å². The molecule has 2 aromatic rings. The third-order valence-corrected chi connectivity index (χ3v) is 4.68. The molecule has 1 atom stereocenters. The first-order valence-corrected chi connectivity index (χ1v) is 8.71. The first-order valence-electron chi connectivity index (χ1n) is 8.33. The van der Waals surface area contributed by atoms with Crippen LogP contribution in [0.1, 0.15) is 19.3 Å². The Morgan fingerprint density at radius 1 is 1.12 bits per heavy atom. The predicted octanol–water partition coefficient (Wildman–Crippen LogP) is 3.94. The molecule has 1 saturated carbocycles. The molecule has 1 aliphatic heterocycles. The van der Waals surface area contributed by atoms with E-state index in [-0.39, 0.29) is 0 Å². The number of anilines is 3. The van der Waals surface area contributed by atoms with E-state index in [1.807, 2.05) is 30.3 Å². The zero-order valence-electron chi connectivity index (χ0n) is 13.3. The van der Waals surface area contributed by atoms with E-state index in [0.29, 0.717) is 17.0 Å². The van der Waals surface area contributed by atoms with Crippen molar-refractivity contribution >= 4 is 29.1 Å². The summed E-state index contributed by atoms with van der Waals surface area (Å²) in [6.07, 6.45) is 7.71. The molecule has 2 aliphatic rings. The van der Waals surface area contributed by atoms with Gasteiger partial charge in [0.2, 0.25) is 5.95 Å². The van der Waals surface area contributed by atoms with Crippen LogP contribution in [0.3, 0.4) is 0 Å². The molecule has 124 valence electrons. The maximum atomic E-state index is 6.17. The van der Waals surface area contributed by atoms with Crippen molar-refractivity contribution in [2.75, 3.05) is 17.2 Å². The Hall–Kier alpha value is -2.11. The van der Waals surface area contributed by atoms with Gasteiger partial charge < -0.3 is 16.0 Å². The number of halogens is 1. The number of hydrogen-bond acceptors (Lipinski definition) is 5. The fourth-order valence-corrected chi connectivity index (χ4v) is 3.11. The van der Waals surface area contributed by atoms with Gasteiger partial charge >= 0.3 is 0 Å². The Labute approximate surface area is 146 Å². The van der Waals surface area contributed by atoms with Gasteiger partial charge in [-0.3, -0.25) is 0 Å². The zero-order chi connectivity index (χ0) is 16.4. The summed E-state index contributed by atoms with van der Waals surface area (Å²) < 4.78 is 0. The van der Waals surface area contributed by atoms with E-state index >= 15 is 0 Å². The van der Waals surface area contributed by atoms with Crippen LogP contribution in [0.4, 0.5) is 17.5 Å². The van der Waals surface area contributed by atoms with E-state index in [0.717, 1.165) is 30.4 Å². The average Bonchev–Trinajstić information content (AvgIpc) is 3.43. The fourth-order valence-electron chi connectivity index (χ4n) is 2.93. The quantitative estimate of drug-likeness (QED) is 0.769. The Morgan fingerprint density at radius 3 is 2.83 bits per heavy atom. The number of rotatable bonds is 5. The summed E-state index contributed by atoms with van der Waals surface area (Å²) in [5.41, 5.74) is 2.03. The minimum absolute atomic E-state index is 0.504. The van der Waals surface area contributed by atoms with E-state index in [9.17, 15) is 0 Å². The minimum Gasteiger partial charge on any atom is -0.344 e. The molecule has 1 aliphatic carbocycles. The van der Waals surface area contributed by atoms with Gasteiger partial charge in [-0.1, -0.05) is 23.7 Å². The van der Waals surface area contributed by atoms with E-state index in [1.165, 1.54) is 18.5 Å². The van der Waals surface area contributed by atoms with E-state index in [1.54, 1.807) is 6.20 Å². The van der Waals surface area contributed by atoms with E-state index in [4.69, 9.17) is 11.6 Å². The summed E-state index contributed by atoms with van der Waals surface area (Å²) in [6.45, 7) is 1.01. The van der Waals surface area contributed by atoms with Crippen LogP contribution in [-0.2, 0) is 0 Å². The number of nitrogens with zero attached hydrogens (tertiary/aromatic N) is 2. The van der Waals surface area contributed by atoms with Crippen molar-refractivity contribution in [3.8, 4) is 0 Å². The van der Waals surface area contributed by atoms with Crippen LogP contribution < -0.4 is 16.0 Å². The molecule has 1 unspecified atom stereocenters. The maximum absolute atomic E-state index is 6.17. The first kappa shape index (κ1) is 15.4. The monoisotopic (exact) mass is 341 g/mol. The predicted molar refractivity (Wildman–Crippen MR) is 97.6 cm³/mol. The van der Waals surface area contributed by atoms with Gasteiger partial charge in [-0.15, -0.1) is 0 Å². The number of hydrogen-bond donors (Lipinski definition) is 3. The molecule has 3 N–H and O–H groups in total. The molecule has 6 heteroatoms. The molecule has 24 heavy (non-hydrogen) atoms. The van der Waals surface area contributed by atoms with Gasteiger partial charge in [0.05, 0.1) is 10.7 Å². The van der Waals surface area contributed by atoms with Crippen LogP contribution in [0, 0.1) is 5.92 Å². The molecule has 1 aromatic heterocycles. The number of benzene rings is 1. The molecule has 0 saturated heterocycles. The van der Waals surface area contributed by atoms with Crippen molar-refractivity contribution in [1.29, 1.82) is 0 Å². The average molecular weight is 342 g/mol. The second kappa shape index (κ2) is 6.79. The minimum atomic E-state index is 0.504. The van der Waals surface area contributed by atoms with Gasteiger partial charge in [0, 0.05) is 24.5 Å². The fraction of sp³-hybridized carbons (Fsp3) is 0.333. The third kappa shape index (κ3) is 3.68. The lowest BCUT2D eigenvalue weighted by Crippen LogP contribution is -2.35. The summed E-state index contributed by atoms with van der Waals surface area (Å²) in [6, 6.07) is 9.95. The van der Waals surface area contributed by atoms with Crippen molar-refractivity contribution in [3.63, 3.8) is 0 Å². The highest BCUT2D eigenvalue weighted by molar-refractivity contribution is 6.33. The number of para-hydroxylation sites is 1. The number of nitrogens with one attached hydrogen (secondary N) is 3. The SMILES string of the molecule is Clc1ccccc1Nc1nccc(NC2=CC(C3CC3)NCC2)n1. The smallest absolute Gasteiger partial charge is 0.229 e. The Kier molecular flexibility index (Phi) is 4.36. The van der Waals surface area contributed by atoms with Gasteiger partial charge in [0.1, 0.15) is 5.82 Å². The molecule has 0 spiro atoms. The molecular weight excluding hydrogens is 322 g/mol. The summed E-state index contributed by atoms with van der Waals surface area (Å²) in [5, 5.41) is 10.8. The highest BCUT2D eigenvalue weighted by Gasteiger charge is 2.31. The highest BCUT2D eigenvalue weighted by atomic mass is 35.5. The van der Waals surface area contributed by atoms with Crippen LogP contribution in [-0.4, -0.2) is 22.6 Å². The van der Waals surface area contributed by atoms with E-state index in [2.05, 4.69) is 32.0 Å². The topological polar surface area (TPSA) is 61.9 Å². The Bertz CT molecular complexity index is 757. The summed E-state index contributed by atoms with van der Waals surface area (Å²) in [7, 11) is 0. The van der Waals surface area contributed by atoms with E-state index < -0.39 is 0 Å². The molecular formula is C18H20ClN5. The molecule has 0 bridgehead atoms.